The number of hydrogen-bond donors (Lipinski definition) is 1. The SMILES string of the molecule is O=C(c1cnc(NCc2cccc(Cn3cccn3)c2)c(Cl)c1)N1CCOCC1. The second kappa shape index (κ2) is 9.07. The molecule has 1 aliphatic heterocycles. The molecule has 1 amide bonds. The summed E-state index contributed by atoms with van der Waals surface area (Å²) in [7, 11) is 0. The Kier molecular flexibility index (Phi) is 6.07. The van der Waals surface area contributed by atoms with Gasteiger partial charge in [-0.3, -0.25) is 9.48 Å². The number of aromatic nitrogens is 3. The molecule has 0 bridgehead atoms. The second-order valence-corrected chi connectivity index (χ2v) is 7.24. The van der Waals surface area contributed by atoms with E-state index in [1.807, 2.05) is 29.1 Å². The molecule has 29 heavy (non-hydrogen) atoms. The van der Waals surface area contributed by atoms with Gasteiger partial charge >= 0.3 is 0 Å². The Morgan fingerprint density at radius 3 is 2.76 bits per heavy atom. The predicted molar refractivity (Wildman–Crippen MR) is 111 cm³/mol. The first kappa shape index (κ1) is 19.4. The molecule has 8 heteroatoms. The van der Waals surface area contributed by atoms with Gasteiger partial charge in [-0.15, -0.1) is 0 Å². The fourth-order valence-corrected chi connectivity index (χ4v) is 3.47. The van der Waals surface area contributed by atoms with Crippen molar-refractivity contribution in [2.75, 3.05) is 31.6 Å². The summed E-state index contributed by atoms with van der Waals surface area (Å²) < 4.78 is 7.17. The third-order valence-corrected chi connectivity index (χ3v) is 5.03. The summed E-state index contributed by atoms with van der Waals surface area (Å²) in [5, 5.41) is 7.92. The van der Waals surface area contributed by atoms with Crippen LogP contribution in [0.25, 0.3) is 0 Å². The van der Waals surface area contributed by atoms with E-state index in [0.29, 0.717) is 49.3 Å². The first-order valence-corrected chi connectivity index (χ1v) is 9.88. The van der Waals surface area contributed by atoms with Gasteiger partial charge in [0.05, 0.1) is 30.3 Å². The van der Waals surface area contributed by atoms with Crippen LogP contribution in [0.1, 0.15) is 21.5 Å². The number of benzene rings is 1. The molecule has 0 spiro atoms. The van der Waals surface area contributed by atoms with Gasteiger partial charge in [-0.2, -0.15) is 5.10 Å². The molecule has 1 N–H and O–H groups in total. The number of halogens is 1. The van der Waals surface area contributed by atoms with Gasteiger partial charge in [0.2, 0.25) is 0 Å². The van der Waals surface area contributed by atoms with Gasteiger partial charge in [0.1, 0.15) is 5.82 Å². The summed E-state index contributed by atoms with van der Waals surface area (Å²) in [4.78, 5) is 18.7. The van der Waals surface area contributed by atoms with E-state index in [-0.39, 0.29) is 5.91 Å². The lowest BCUT2D eigenvalue weighted by Gasteiger charge is -2.26. The monoisotopic (exact) mass is 411 g/mol. The van der Waals surface area contributed by atoms with Gasteiger partial charge in [-0.25, -0.2) is 4.98 Å². The lowest BCUT2D eigenvalue weighted by molar-refractivity contribution is 0.0302. The van der Waals surface area contributed by atoms with Crippen molar-refractivity contribution < 1.29 is 9.53 Å². The van der Waals surface area contributed by atoms with Gasteiger partial charge in [-0.05, 0) is 23.3 Å². The van der Waals surface area contributed by atoms with Crippen molar-refractivity contribution in [1.29, 1.82) is 0 Å². The molecular formula is C21H22ClN5O2. The number of nitrogens with one attached hydrogen (secondary N) is 1. The summed E-state index contributed by atoms with van der Waals surface area (Å²) in [6, 6.07) is 11.8. The van der Waals surface area contributed by atoms with E-state index in [2.05, 4.69) is 27.5 Å². The van der Waals surface area contributed by atoms with Crippen molar-refractivity contribution >= 4 is 23.3 Å². The van der Waals surface area contributed by atoms with Crippen LogP contribution in [-0.2, 0) is 17.8 Å². The number of amides is 1. The zero-order valence-electron chi connectivity index (χ0n) is 15.9. The molecule has 0 unspecified atom stereocenters. The molecule has 3 heterocycles. The van der Waals surface area contributed by atoms with Crippen molar-refractivity contribution in [3.8, 4) is 0 Å². The van der Waals surface area contributed by atoms with Crippen LogP contribution < -0.4 is 5.32 Å². The van der Waals surface area contributed by atoms with Gasteiger partial charge in [0.15, 0.2) is 0 Å². The molecule has 3 aromatic rings. The third kappa shape index (κ3) is 4.93. The topological polar surface area (TPSA) is 72.3 Å². The highest BCUT2D eigenvalue weighted by Crippen LogP contribution is 2.22. The van der Waals surface area contributed by atoms with Crippen LogP contribution in [0.4, 0.5) is 5.82 Å². The number of morpholine rings is 1. The molecule has 1 aliphatic rings. The lowest BCUT2D eigenvalue weighted by atomic mass is 10.1. The van der Waals surface area contributed by atoms with Crippen molar-refractivity contribution in [3.05, 3.63) is 76.7 Å². The summed E-state index contributed by atoms with van der Waals surface area (Å²) in [6.07, 6.45) is 5.28. The van der Waals surface area contributed by atoms with E-state index < -0.39 is 0 Å². The Bertz CT molecular complexity index is 971. The van der Waals surface area contributed by atoms with Crippen LogP contribution in [0.5, 0.6) is 0 Å². The summed E-state index contributed by atoms with van der Waals surface area (Å²) >= 11 is 6.37. The van der Waals surface area contributed by atoms with E-state index in [1.54, 1.807) is 23.4 Å². The van der Waals surface area contributed by atoms with Crippen LogP contribution in [0.2, 0.25) is 5.02 Å². The lowest BCUT2D eigenvalue weighted by Crippen LogP contribution is -2.40. The van der Waals surface area contributed by atoms with E-state index in [0.717, 1.165) is 12.1 Å². The van der Waals surface area contributed by atoms with Crippen LogP contribution in [-0.4, -0.2) is 51.9 Å². The number of hydrogen-bond acceptors (Lipinski definition) is 5. The summed E-state index contributed by atoms with van der Waals surface area (Å²) in [5.41, 5.74) is 2.77. The van der Waals surface area contributed by atoms with Gasteiger partial charge in [-0.1, -0.05) is 35.9 Å². The van der Waals surface area contributed by atoms with Gasteiger partial charge < -0.3 is 15.0 Å². The molecule has 1 saturated heterocycles. The molecule has 1 fully saturated rings. The first-order valence-electron chi connectivity index (χ1n) is 9.51. The average molecular weight is 412 g/mol. The molecule has 4 rings (SSSR count). The number of carbonyl (C=O) groups excluding carboxylic acids is 1. The maximum Gasteiger partial charge on any atom is 0.255 e. The minimum Gasteiger partial charge on any atom is -0.378 e. The van der Waals surface area contributed by atoms with E-state index in [1.165, 1.54) is 5.56 Å². The molecular weight excluding hydrogens is 390 g/mol. The molecule has 0 aliphatic carbocycles. The fraction of sp³-hybridized carbons (Fsp3) is 0.286. The molecule has 0 saturated carbocycles. The van der Waals surface area contributed by atoms with Gasteiger partial charge in [0, 0.05) is 38.2 Å². The minimum absolute atomic E-state index is 0.0689. The van der Waals surface area contributed by atoms with E-state index in [4.69, 9.17) is 16.3 Å². The Morgan fingerprint density at radius 1 is 1.17 bits per heavy atom. The van der Waals surface area contributed by atoms with Crippen molar-refractivity contribution in [1.82, 2.24) is 19.7 Å². The van der Waals surface area contributed by atoms with Crippen LogP contribution in [0, 0.1) is 0 Å². The zero-order chi connectivity index (χ0) is 20.1. The largest absolute Gasteiger partial charge is 0.378 e. The number of ether oxygens (including phenoxy) is 1. The number of anilines is 1. The maximum absolute atomic E-state index is 12.6. The summed E-state index contributed by atoms with van der Waals surface area (Å²) in [6.45, 7) is 3.60. The normalized spacial score (nSPS) is 14.0. The Labute approximate surface area is 174 Å². The average Bonchev–Trinajstić information content (AvgIpc) is 3.26. The molecule has 1 aromatic carbocycles. The van der Waals surface area contributed by atoms with Crippen LogP contribution in [0.3, 0.4) is 0 Å². The smallest absolute Gasteiger partial charge is 0.255 e. The number of pyridine rings is 1. The third-order valence-electron chi connectivity index (χ3n) is 4.74. The molecule has 0 atom stereocenters. The molecule has 150 valence electrons. The van der Waals surface area contributed by atoms with Crippen molar-refractivity contribution in [2.45, 2.75) is 13.1 Å². The highest BCUT2D eigenvalue weighted by Gasteiger charge is 2.19. The molecule has 0 radical (unpaired) electrons. The Hall–Kier alpha value is -2.90. The number of carbonyl (C=O) groups is 1. The zero-order valence-corrected chi connectivity index (χ0v) is 16.7. The highest BCUT2D eigenvalue weighted by atomic mass is 35.5. The highest BCUT2D eigenvalue weighted by molar-refractivity contribution is 6.33. The Morgan fingerprint density at radius 2 is 2.00 bits per heavy atom. The fourth-order valence-electron chi connectivity index (χ4n) is 3.24. The van der Waals surface area contributed by atoms with Crippen LogP contribution in [0.15, 0.2) is 55.0 Å². The van der Waals surface area contributed by atoms with Crippen molar-refractivity contribution in [2.24, 2.45) is 0 Å². The van der Waals surface area contributed by atoms with Gasteiger partial charge in [0.25, 0.3) is 5.91 Å². The van der Waals surface area contributed by atoms with E-state index >= 15 is 0 Å². The van der Waals surface area contributed by atoms with Crippen LogP contribution >= 0.6 is 11.6 Å². The maximum atomic E-state index is 12.6. The number of rotatable bonds is 6. The Balaban J connectivity index is 1.39. The molecule has 2 aromatic heterocycles. The quantitative estimate of drug-likeness (QED) is 0.675. The second-order valence-electron chi connectivity index (χ2n) is 6.84. The van der Waals surface area contributed by atoms with E-state index in [9.17, 15) is 4.79 Å². The predicted octanol–water partition coefficient (Wildman–Crippen LogP) is 3.06. The minimum atomic E-state index is -0.0689. The standard InChI is InChI=1S/C21H22ClN5O2/c22-19-12-18(21(28)26-7-9-29-10-8-26)14-24-20(19)23-13-16-3-1-4-17(11-16)15-27-6-2-5-25-27/h1-6,11-12,14H,7-10,13,15H2,(H,23,24). The van der Waals surface area contributed by atoms with Crippen molar-refractivity contribution in [3.63, 3.8) is 0 Å². The summed E-state index contributed by atoms with van der Waals surface area (Å²) in [5.74, 6) is 0.489. The molecule has 7 nitrogen and oxygen atoms in total. The number of nitrogens with zero attached hydrogens (tertiary/aromatic N) is 4. The first-order chi connectivity index (χ1) is 14.2.